The Balaban J connectivity index is 0.00000220. The van der Waals surface area contributed by atoms with Gasteiger partial charge in [-0.25, -0.2) is 0 Å². The molecular weight excluding hydrogens is 290 g/mol. The van der Waals surface area contributed by atoms with Crippen LogP contribution in [0.4, 0.5) is 0 Å². The van der Waals surface area contributed by atoms with Gasteiger partial charge in [-0.1, -0.05) is 25.0 Å². The standard InChI is InChI=1S/C15H21N3O2.ClH/c1-17-13(19)12-6-4-5-11(9-12)10-18-14(20)15(16)7-2-3-8-15;/h4-6,9H,2-3,7-8,10,16H2,1H3,(H,17,19)(H,18,20);1H. The van der Waals surface area contributed by atoms with Crippen molar-refractivity contribution in [2.45, 2.75) is 37.8 Å². The number of nitrogens with two attached hydrogens (primary N) is 1. The first kappa shape index (κ1) is 17.5. The highest BCUT2D eigenvalue weighted by Crippen LogP contribution is 2.27. The maximum atomic E-state index is 12.1. The highest BCUT2D eigenvalue weighted by molar-refractivity contribution is 5.94. The van der Waals surface area contributed by atoms with Gasteiger partial charge < -0.3 is 16.4 Å². The second-order valence-electron chi connectivity index (χ2n) is 5.33. The number of benzene rings is 1. The monoisotopic (exact) mass is 311 g/mol. The van der Waals surface area contributed by atoms with Gasteiger partial charge in [0.15, 0.2) is 0 Å². The number of halogens is 1. The summed E-state index contributed by atoms with van der Waals surface area (Å²) in [5.41, 5.74) is 6.86. The van der Waals surface area contributed by atoms with Crippen molar-refractivity contribution in [2.24, 2.45) is 5.73 Å². The minimum absolute atomic E-state index is 0. The van der Waals surface area contributed by atoms with E-state index in [2.05, 4.69) is 10.6 Å². The number of hydrogen-bond acceptors (Lipinski definition) is 3. The Hall–Kier alpha value is -1.59. The summed E-state index contributed by atoms with van der Waals surface area (Å²) in [4.78, 5) is 23.6. The van der Waals surface area contributed by atoms with Gasteiger partial charge in [-0.15, -0.1) is 12.4 Å². The molecule has 0 atom stereocenters. The Morgan fingerprint density at radius 1 is 1.29 bits per heavy atom. The maximum absolute atomic E-state index is 12.1. The van der Waals surface area contributed by atoms with Gasteiger partial charge in [0.25, 0.3) is 5.91 Å². The SMILES string of the molecule is CNC(=O)c1cccc(CNC(=O)C2(N)CCCC2)c1.Cl. The number of amides is 2. The van der Waals surface area contributed by atoms with Gasteiger partial charge in [-0.3, -0.25) is 9.59 Å². The van der Waals surface area contributed by atoms with Crippen molar-refractivity contribution >= 4 is 24.2 Å². The van der Waals surface area contributed by atoms with Crippen LogP contribution >= 0.6 is 12.4 Å². The summed E-state index contributed by atoms with van der Waals surface area (Å²) >= 11 is 0. The molecule has 116 valence electrons. The molecule has 0 saturated heterocycles. The summed E-state index contributed by atoms with van der Waals surface area (Å²) in [6.45, 7) is 0.391. The number of carbonyl (C=O) groups is 2. The molecule has 1 aliphatic carbocycles. The van der Waals surface area contributed by atoms with Crippen LogP contribution in [0.1, 0.15) is 41.6 Å². The van der Waals surface area contributed by atoms with Crippen molar-refractivity contribution in [3.63, 3.8) is 0 Å². The van der Waals surface area contributed by atoms with Crippen LogP contribution in [0.15, 0.2) is 24.3 Å². The molecule has 0 radical (unpaired) electrons. The Labute approximate surface area is 131 Å². The number of hydrogen-bond donors (Lipinski definition) is 3. The fourth-order valence-corrected chi connectivity index (χ4v) is 2.56. The van der Waals surface area contributed by atoms with Crippen LogP contribution in [-0.4, -0.2) is 24.4 Å². The van der Waals surface area contributed by atoms with Crippen LogP contribution in [0.3, 0.4) is 0 Å². The van der Waals surface area contributed by atoms with Crippen molar-refractivity contribution in [2.75, 3.05) is 7.05 Å². The molecule has 4 N–H and O–H groups in total. The minimum atomic E-state index is -0.710. The van der Waals surface area contributed by atoms with E-state index in [-0.39, 0.29) is 24.2 Å². The molecule has 0 aliphatic heterocycles. The fourth-order valence-electron chi connectivity index (χ4n) is 2.56. The molecule has 0 unspecified atom stereocenters. The molecule has 21 heavy (non-hydrogen) atoms. The van der Waals surface area contributed by atoms with Gasteiger partial charge in [0.05, 0.1) is 5.54 Å². The second kappa shape index (κ2) is 7.43. The van der Waals surface area contributed by atoms with Crippen molar-refractivity contribution in [1.82, 2.24) is 10.6 Å². The van der Waals surface area contributed by atoms with E-state index in [1.807, 2.05) is 6.07 Å². The molecule has 6 heteroatoms. The molecule has 0 bridgehead atoms. The first-order chi connectivity index (χ1) is 9.55. The average Bonchev–Trinajstić information content (AvgIpc) is 2.92. The van der Waals surface area contributed by atoms with E-state index >= 15 is 0 Å². The Morgan fingerprint density at radius 3 is 2.57 bits per heavy atom. The van der Waals surface area contributed by atoms with Crippen molar-refractivity contribution in [1.29, 1.82) is 0 Å². The van der Waals surface area contributed by atoms with Crippen LogP contribution in [0, 0.1) is 0 Å². The predicted octanol–water partition coefficient (Wildman–Crippen LogP) is 1.36. The molecule has 1 fully saturated rings. The third-order valence-corrected chi connectivity index (χ3v) is 3.82. The quantitative estimate of drug-likeness (QED) is 0.785. The summed E-state index contributed by atoms with van der Waals surface area (Å²) < 4.78 is 0. The summed E-state index contributed by atoms with van der Waals surface area (Å²) in [7, 11) is 1.59. The topological polar surface area (TPSA) is 84.2 Å². The van der Waals surface area contributed by atoms with E-state index < -0.39 is 5.54 Å². The van der Waals surface area contributed by atoms with Crippen LogP contribution < -0.4 is 16.4 Å². The summed E-state index contributed by atoms with van der Waals surface area (Å²) in [5.74, 6) is -0.232. The molecule has 0 aromatic heterocycles. The largest absolute Gasteiger partial charge is 0.355 e. The van der Waals surface area contributed by atoms with E-state index in [4.69, 9.17) is 5.73 Å². The lowest BCUT2D eigenvalue weighted by Gasteiger charge is -2.22. The third-order valence-electron chi connectivity index (χ3n) is 3.82. The summed E-state index contributed by atoms with van der Waals surface area (Å²) in [6, 6.07) is 7.20. The maximum Gasteiger partial charge on any atom is 0.251 e. The van der Waals surface area contributed by atoms with Crippen molar-refractivity contribution < 1.29 is 9.59 Å². The first-order valence-electron chi connectivity index (χ1n) is 6.93. The van der Waals surface area contributed by atoms with Crippen molar-refractivity contribution in [3.05, 3.63) is 35.4 Å². The van der Waals surface area contributed by atoms with Gasteiger partial charge >= 0.3 is 0 Å². The van der Waals surface area contributed by atoms with Gasteiger partial charge in [0.2, 0.25) is 5.91 Å². The smallest absolute Gasteiger partial charge is 0.251 e. The lowest BCUT2D eigenvalue weighted by molar-refractivity contribution is -0.126. The fraction of sp³-hybridized carbons (Fsp3) is 0.467. The molecular formula is C15H22ClN3O2. The first-order valence-corrected chi connectivity index (χ1v) is 6.93. The van der Waals surface area contributed by atoms with Crippen LogP contribution in [-0.2, 0) is 11.3 Å². The van der Waals surface area contributed by atoms with Crippen LogP contribution in [0.5, 0.6) is 0 Å². The molecule has 1 saturated carbocycles. The molecule has 1 aliphatic rings. The van der Waals surface area contributed by atoms with E-state index in [0.717, 1.165) is 31.2 Å². The van der Waals surface area contributed by atoms with Crippen LogP contribution in [0.2, 0.25) is 0 Å². The lowest BCUT2D eigenvalue weighted by atomic mass is 9.98. The van der Waals surface area contributed by atoms with E-state index in [0.29, 0.717) is 12.1 Å². The van der Waals surface area contributed by atoms with Crippen molar-refractivity contribution in [3.8, 4) is 0 Å². The van der Waals surface area contributed by atoms with E-state index in [1.165, 1.54) is 0 Å². The Morgan fingerprint density at radius 2 is 1.95 bits per heavy atom. The number of nitrogens with one attached hydrogen (secondary N) is 2. The molecule has 1 aromatic rings. The average molecular weight is 312 g/mol. The lowest BCUT2D eigenvalue weighted by Crippen LogP contribution is -2.51. The Kier molecular flexibility index (Phi) is 6.18. The second-order valence-corrected chi connectivity index (χ2v) is 5.33. The molecule has 0 spiro atoms. The highest BCUT2D eigenvalue weighted by Gasteiger charge is 2.36. The van der Waals surface area contributed by atoms with E-state index in [9.17, 15) is 9.59 Å². The zero-order chi connectivity index (χ0) is 14.6. The molecule has 0 heterocycles. The summed E-state index contributed by atoms with van der Waals surface area (Å²) in [5, 5.41) is 5.45. The Bertz CT molecular complexity index is 513. The normalized spacial score (nSPS) is 15.9. The van der Waals surface area contributed by atoms with Gasteiger partial charge in [0, 0.05) is 19.2 Å². The highest BCUT2D eigenvalue weighted by atomic mass is 35.5. The summed E-state index contributed by atoms with van der Waals surface area (Å²) in [6.07, 6.45) is 3.51. The number of rotatable bonds is 4. The molecule has 5 nitrogen and oxygen atoms in total. The van der Waals surface area contributed by atoms with Gasteiger partial charge in [-0.05, 0) is 30.5 Å². The number of carbonyl (C=O) groups excluding carboxylic acids is 2. The van der Waals surface area contributed by atoms with Gasteiger partial charge in [0.1, 0.15) is 0 Å². The third kappa shape index (κ3) is 4.19. The van der Waals surface area contributed by atoms with Crippen LogP contribution in [0.25, 0.3) is 0 Å². The van der Waals surface area contributed by atoms with Gasteiger partial charge in [-0.2, -0.15) is 0 Å². The molecule has 1 aromatic carbocycles. The zero-order valence-corrected chi connectivity index (χ0v) is 13.0. The minimum Gasteiger partial charge on any atom is -0.355 e. The molecule has 2 rings (SSSR count). The van der Waals surface area contributed by atoms with E-state index in [1.54, 1.807) is 25.2 Å². The predicted molar refractivity (Wildman–Crippen MR) is 84.3 cm³/mol. The zero-order valence-electron chi connectivity index (χ0n) is 12.1. The molecule has 2 amide bonds.